The molecule has 0 aromatic rings. The molecule has 1 saturated heterocycles. The smallest absolute Gasteiger partial charge is 0.311 e. The van der Waals surface area contributed by atoms with Gasteiger partial charge in [0, 0.05) is 31.5 Å². The Balaban J connectivity index is 3.02. The Morgan fingerprint density at radius 1 is 1.16 bits per heavy atom. The average Bonchev–Trinajstić information content (AvgIpc) is 2.79. The molecule has 1 aliphatic rings. The molecule has 6 unspecified atom stereocenters. The molecule has 1 aliphatic heterocycles. The summed E-state index contributed by atoms with van der Waals surface area (Å²) in [7, 11) is 5.18. The van der Waals surface area contributed by atoms with Crippen LogP contribution in [0.15, 0.2) is 0 Å². The first-order valence-electron chi connectivity index (χ1n) is 13.8. The molecular weight excluding hydrogens is 476 g/mol. The van der Waals surface area contributed by atoms with Crippen molar-refractivity contribution in [3.63, 3.8) is 0 Å². The summed E-state index contributed by atoms with van der Waals surface area (Å²) in [6, 6.07) is 0.166. The van der Waals surface area contributed by atoms with E-state index in [1.165, 1.54) is 7.11 Å². The molecular formula is C28H56N2O7. The van der Waals surface area contributed by atoms with Crippen LogP contribution in [0, 0.1) is 17.3 Å². The zero-order chi connectivity index (χ0) is 28.7. The Bertz CT molecular complexity index is 684. The van der Waals surface area contributed by atoms with Crippen molar-refractivity contribution in [2.45, 2.75) is 129 Å². The summed E-state index contributed by atoms with van der Waals surface area (Å²) in [5.74, 6) is -1.20. The number of carbonyl (C=O) groups is 1. The third-order valence-corrected chi connectivity index (χ3v) is 7.90. The van der Waals surface area contributed by atoms with E-state index in [2.05, 4.69) is 17.1 Å². The SMILES string of the molecule is CNC1CC(C)OC(O[C@H](C[C@H](O)C(C)C(=O)OC)[C@](C)(O)C[C@@H](C)CN(C)C(C)C(O)C(C)(C)C)C1. The van der Waals surface area contributed by atoms with Gasteiger partial charge in [0.15, 0.2) is 6.29 Å². The average molecular weight is 533 g/mol. The summed E-state index contributed by atoms with van der Waals surface area (Å²) in [6.45, 7) is 16.1. The normalized spacial score (nSPS) is 27.6. The van der Waals surface area contributed by atoms with Gasteiger partial charge in [-0.05, 0) is 66.0 Å². The molecule has 1 heterocycles. The number of nitrogens with zero attached hydrogens (tertiary/aromatic N) is 1. The molecule has 0 amide bonds. The Labute approximate surface area is 225 Å². The van der Waals surface area contributed by atoms with Gasteiger partial charge in [-0.15, -0.1) is 0 Å². The molecule has 1 fully saturated rings. The summed E-state index contributed by atoms with van der Waals surface area (Å²) < 4.78 is 17.2. The first-order chi connectivity index (χ1) is 16.9. The van der Waals surface area contributed by atoms with Gasteiger partial charge in [-0.3, -0.25) is 4.79 Å². The van der Waals surface area contributed by atoms with E-state index in [4.69, 9.17) is 14.2 Å². The highest BCUT2D eigenvalue weighted by atomic mass is 16.7. The van der Waals surface area contributed by atoms with E-state index < -0.39 is 42.1 Å². The van der Waals surface area contributed by atoms with Gasteiger partial charge in [0.1, 0.15) is 0 Å². The number of likely N-dealkylation sites (N-methyl/N-ethyl adjacent to an activating group) is 1. The lowest BCUT2D eigenvalue weighted by Crippen LogP contribution is -2.51. The second-order valence-corrected chi connectivity index (χ2v) is 12.7. The maximum Gasteiger partial charge on any atom is 0.311 e. The molecule has 0 saturated carbocycles. The van der Waals surface area contributed by atoms with Crippen molar-refractivity contribution in [3.8, 4) is 0 Å². The van der Waals surface area contributed by atoms with Gasteiger partial charge in [0.25, 0.3) is 0 Å². The van der Waals surface area contributed by atoms with Crippen molar-refractivity contribution in [1.82, 2.24) is 10.2 Å². The van der Waals surface area contributed by atoms with Gasteiger partial charge in [0.2, 0.25) is 0 Å². The largest absolute Gasteiger partial charge is 0.469 e. The maximum absolute atomic E-state index is 12.0. The van der Waals surface area contributed by atoms with Crippen LogP contribution in [-0.4, -0.2) is 102 Å². The monoisotopic (exact) mass is 532 g/mol. The predicted octanol–water partition coefficient (Wildman–Crippen LogP) is 2.55. The highest BCUT2D eigenvalue weighted by molar-refractivity contribution is 5.72. The van der Waals surface area contributed by atoms with E-state index in [9.17, 15) is 20.1 Å². The highest BCUT2D eigenvalue weighted by Gasteiger charge is 2.41. The highest BCUT2D eigenvalue weighted by Crippen LogP contribution is 2.32. The summed E-state index contributed by atoms with van der Waals surface area (Å²) in [5, 5.41) is 36.5. The lowest BCUT2D eigenvalue weighted by atomic mass is 9.82. The van der Waals surface area contributed by atoms with E-state index in [1.54, 1.807) is 13.8 Å². The van der Waals surface area contributed by atoms with Crippen LogP contribution in [-0.2, 0) is 19.0 Å². The fourth-order valence-corrected chi connectivity index (χ4v) is 5.35. The summed E-state index contributed by atoms with van der Waals surface area (Å²) in [6.07, 6.45) is -0.930. The number of hydrogen-bond acceptors (Lipinski definition) is 9. The van der Waals surface area contributed by atoms with Crippen LogP contribution in [0.3, 0.4) is 0 Å². The molecule has 0 aromatic carbocycles. The number of hydrogen-bond donors (Lipinski definition) is 4. The molecule has 0 aliphatic carbocycles. The lowest BCUT2D eigenvalue weighted by molar-refractivity contribution is -0.252. The molecule has 1 rings (SSSR count). The van der Waals surface area contributed by atoms with Crippen LogP contribution in [0.5, 0.6) is 0 Å². The fraction of sp³-hybridized carbons (Fsp3) is 0.964. The van der Waals surface area contributed by atoms with Gasteiger partial charge < -0.3 is 39.7 Å². The lowest BCUT2D eigenvalue weighted by Gasteiger charge is -2.42. The molecule has 10 atom stereocenters. The van der Waals surface area contributed by atoms with Crippen LogP contribution in [0.4, 0.5) is 0 Å². The standard InChI is InChI=1S/C28H56N2O7/c1-17(16-30(10)20(4)25(32)27(5,6)7)15-28(8,34)23(14-22(31)19(3)26(33)35-11)37-24-13-21(29-9)12-18(2)36-24/h17-25,29,31-32,34H,12-16H2,1-11H3/t17-,18?,19?,20?,21?,22+,23-,24?,25?,28-/m1/s1. The van der Waals surface area contributed by atoms with Crippen LogP contribution in [0.25, 0.3) is 0 Å². The van der Waals surface area contributed by atoms with Crippen molar-refractivity contribution >= 4 is 5.97 Å². The fourth-order valence-electron chi connectivity index (χ4n) is 5.35. The van der Waals surface area contributed by atoms with Crippen molar-refractivity contribution in [2.24, 2.45) is 17.3 Å². The third kappa shape index (κ3) is 10.7. The third-order valence-electron chi connectivity index (χ3n) is 7.90. The zero-order valence-corrected chi connectivity index (χ0v) is 25.2. The van der Waals surface area contributed by atoms with E-state index in [1.807, 2.05) is 48.7 Å². The second kappa shape index (κ2) is 14.5. The van der Waals surface area contributed by atoms with E-state index in [-0.39, 0.29) is 35.9 Å². The summed E-state index contributed by atoms with van der Waals surface area (Å²) >= 11 is 0. The summed E-state index contributed by atoms with van der Waals surface area (Å²) in [4.78, 5) is 14.2. The number of nitrogens with one attached hydrogen (secondary N) is 1. The van der Waals surface area contributed by atoms with Crippen molar-refractivity contribution < 1.29 is 34.3 Å². The van der Waals surface area contributed by atoms with Crippen molar-refractivity contribution in [1.29, 1.82) is 0 Å². The molecule has 0 spiro atoms. The van der Waals surface area contributed by atoms with Crippen LogP contribution in [0.2, 0.25) is 0 Å². The molecule has 220 valence electrons. The molecule has 37 heavy (non-hydrogen) atoms. The van der Waals surface area contributed by atoms with Gasteiger partial charge in [-0.1, -0.05) is 27.7 Å². The Morgan fingerprint density at radius 3 is 2.27 bits per heavy atom. The number of ether oxygens (including phenoxy) is 3. The minimum atomic E-state index is -1.30. The van der Waals surface area contributed by atoms with Crippen molar-refractivity contribution in [3.05, 3.63) is 0 Å². The zero-order valence-electron chi connectivity index (χ0n) is 25.2. The maximum atomic E-state index is 12.0. The molecule has 0 radical (unpaired) electrons. The van der Waals surface area contributed by atoms with E-state index in [0.29, 0.717) is 19.4 Å². The van der Waals surface area contributed by atoms with Crippen LogP contribution < -0.4 is 5.32 Å². The quantitative estimate of drug-likeness (QED) is 0.250. The van der Waals surface area contributed by atoms with Gasteiger partial charge >= 0.3 is 5.97 Å². The van der Waals surface area contributed by atoms with E-state index >= 15 is 0 Å². The molecule has 0 bridgehead atoms. The van der Waals surface area contributed by atoms with Crippen LogP contribution >= 0.6 is 0 Å². The number of aliphatic hydroxyl groups is 3. The minimum Gasteiger partial charge on any atom is -0.469 e. The topological polar surface area (TPSA) is 121 Å². The first kappa shape index (κ1) is 34.2. The van der Waals surface area contributed by atoms with Gasteiger partial charge in [-0.25, -0.2) is 0 Å². The molecule has 0 aromatic heterocycles. The minimum absolute atomic E-state index is 0.0102. The Kier molecular flexibility index (Phi) is 13.4. The predicted molar refractivity (Wildman–Crippen MR) is 145 cm³/mol. The number of esters is 1. The Hall–Kier alpha value is -0.810. The summed E-state index contributed by atoms with van der Waals surface area (Å²) in [5.41, 5.74) is -1.54. The van der Waals surface area contributed by atoms with Gasteiger partial charge in [-0.2, -0.15) is 0 Å². The molecule has 9 nitrogen and oxygen atoms in total. The number of methoxy groups -OCH3 is 1. The molecule has 9 heteroatoms. The number of aliphatic hydroxyl groups excluding tert-OH is 2. The van der Waals surface area contributed by atoms with Crippen molar-refractivity contribution in [2.75, 3.05) is 27.7 Å². The number of rotatable bonds is 14. The second-order valence-electron chi connectivity index (χ2n) is 12.7. The van der Waals surface area contributed by atoms with Gasteiger partial charge in [0.05, 0.1) is 43.0 Å². The van der Waals surface area contributed by atoms with Crippen LogP contribution in [0.1, 0.15) is 81.1 Å². The molecule has 4 N–H and O–H groups in total. The first-order valence-corrected chi connectivity index (χ1v) is 13.8. The Morgan fingerprint density at radius 2 is 1.76 bits per heavy atom. The van der Waals surface area contributed by atoms with E-state index in [0.717, 1.165) is 6.42 Å². The number of carbonyl (C=O) groups excluding carboxylic acids is 1.